The standard InChI is InChI=1S/C13H15ClN2O4/c1-20-13-10(6-9(14)7-11(13)16(18)19)12(17)8-2-4-15-5-3-8/h6-8,15H,2-5H2,1H3. The van der Waals surface area contributed by atoms with Gasteiger partial charge in [-0.2, -0.15) is 0 Å². The van der Waals surface area contributed by atoms with Gasteiger partial charge >= 0.3 is 5.69 Å². The summed E-state index contributed by atoms with van der Waals surface area (Å²) in [5.41, 5.74) is -0.0871. The van der Waals surface area contributed by atoms with E-state index in [0.29, 0.717) is 12.8 Å². The number of benzene rings is 1. The minimum Gasteiger partial charge on any atom is -0.490 e. The van der Waals surface area contributed by atoms with Crippen LogP contribution in [0.15, 0.2) is 12.1 Å². The Kier molecular flexibility index (Phi) is 4.57. The number of halogens is 1. The molecule has 0 amide bonds. The quantitative estimate of drug-likeness (QED) is 0.524. The van der Waals surface area contributed by atoms with Crippen LogP contribution in [0.25, 0.3) is 0 Å². The number of Topliss-reactive ketones (excluding diaryl/α,β-unsaturated/α-hetero) is 1. The van der Waals surface area contributed by atoms with Gasteiger partial charge in [0.25, 0.3) is 0 Å². The molecule has 1 heterocycles. The van der Waals surface area contributed by atoms with Crippen molar-refractivity contribution in [3.8, 4) is 5.75 Å². The Hall–Kier alpha value is -1.66. The van der Waals surface area contributed by atoms with Gasteiger partial charge in [-0.15, -0.1) is 0 Å². The smallest absolute Gasteiger partial charge is 0.313 e. The van der Waals surface area contributed by atoms with E-state index in [1.54, 1.807) is 0 Å². The fourth-order valence-electron chi connectivity index (χ4n) is 2.42. The molecule has 0 radical (unpaired) electrons. The van der Waals surface area contributed by atoms with Crippen LogP contribution in [0.1, 0.15) is 23.2 Å². The largest absolute Gasteiger partial charge is 0.490 e. The third-order valence-electron chi connectivity index (χ3n) is 3.41. The Morgan fingerprint density at radius 1 is 1.45 bits per heavy atom. The number of rotatable bonds is 4. The molecule has 6 nitrogen and oxygen atoms in total. The summed E-state index contributed by atoms with van der Waals surface area (Å²) in [4.78, 5) is 23.0. The first-order valence-electron chi connectivity index (χ1n) is 6.31. The van der Waals surface area contributed by atoms with E-state index in [1.807, 2.05) is 0 Å². The van der Waals surface area contributed by atoms with Crippen molar-refractivity contribution < 1.29 is 14.5 Å². The molecule has 0 unspecified atom stereocenters. The van der Waals surface area contributed by atoms with E-state index in [4.69, 9.17) is 16.3 Å². The van der Waals surface area contributed by atoms with E-state index in [1.165, 1.54) is 19.2 Å². The van der Waals surface area contributed by atoms with Gasteiger partial charge in [0.2, 0.25) is 5.75 Å². The van der Waals surface area contributed by atoms with Crippen molar-refractivity contribution in [2.24, 2.45) is 5.92 Å². The Balaban J connectivity index is 2.43. The molecular weight excluding hydrogens is 284 g/mol. The van der Waals surface area contributed by atoms with Gasteiger partial charge in [-0.1, -0.05) is 11.6 Å². The minimum absolute atomic E-state index is 0.0112. The number of carbonyl (C=O) groups is 1. The average molecular weight is 299 g/mol. The van der Waals surface area contributed by atoms with Crippen LogP contribution in [-0.2, 0) is 0 Å². The van der Waals surface area contributed by atoms with Crippen molar-refractivity contribution >= 4 is 23.1 Å². The third-order valence-corrected chi connectivity index (χ3v) is 3.63. The van der Waals surface area contributed by atoms with Crippen molar-refractivity contribution in [1.29, 1.82) is 0 Å². The van der Waals surface area contributed by atoms with Gasteiger partial charge in [0.05, 0.1) is 17.6 Å². The van der Waals surface area contributed by atoms with E-state index in [2.05, 4.69) is 5.32 Å². The van der Waals surface area contributed by atoms with Crippen LogP contribution in [-0.4, -0.2) is 30.9 Å². The van der Waals surface area contributed by atoms with Gasteiger partial charge in [-0.05, 0) is 32.0 Å². The Morgan fingerprint density at radius 2 is 2.10 bits per heavy atom. The molecule has 7 heteroatoms. The van der Waals surface area contributed by atoms with E-state index in [-0.39, 0.29) is 33.7 Å². The molecule has 1 aromatic rings. The molecule has 0 bridgehead atoms. The highest BCUT2D eigenvalue weighted by molar-refractivity contribution is 6.31. The van der Waals surface area contributed by atoms with Crippen molar-refractivity contribution in [1.82, 2.24) is 5.32 Å². The second-order valence-electron chi connectivity index (χ2n) is 4.65. The number of nitrogens with zero attached hydrogens (tertiary/aromatic N) is 1. The maximum atomic E-state index is 12.5. The van der Waals surface area contributed by atoms with Gasteiger partial charge in [0.15, 0.2) is 5.78 Å². The Labute approximate surface area is 121 Å². The zero-order valence-corrected chi connectivity index (χ0v) is 11.8. The van der Waals surface area contributed by atoms with Gasteiger partial charge in [0.1, 0.15) is 0 Å². The van der Waals surface area contributed by atoms with E-state index in [0.717, 1.165) is 13.1 Å². The number of piperidine rings is 1. The van der Waals surface area contributed by atoms with Gasteiger partial charge in [0, 0.05) is 17.0 Å². The predicted octanol–water partition coefficient (Wildman–Crippen LogP) is 2.44. The molecule has 0 spiro atoms. The van der Waals surface area contributed by atoms with Crippen LogP contribution in [0.3, 0.4) is 0 Å². The summed E-state index contributed by atoms with van der Waals surface area (Å²) in [5.74, 6) is -0.305. The maximum absolute atomic E-state index is 12.5. The van der Waals surface area contributed by atoms with Gasteiger partial charge < -0.3 is 10.1 Å². The topological polar surface area (TPSA) is 81.5 Å². The first-order valence-corrected chi connectivity index (χ1v) is 6.69. The summed E-state index contributed by atoms with van der Waals surface area (Å²) in [7, 11) is 1.31. The van der Waals surface area contributed by atoms with Gasteiger partial charge in [-0.3, -0.25) is 14.9 Å². The normalized spacial score (nSPS) is 15.9. The Bertz CT molecular complexity index is 541. The molecule has 0 saturated carbocycles. The summed E-state index contributed by atoms with van der Waals surface area (Å²) in [5, 5.41) is 14.4. The highest BCUT2D eigenvalue weighted by Gasteiger charge is 2.29. The molecule has 1 fully saturated rings. The maximum Gasteiger partial charge on any atom is 0.313 e. The van der Waals surface area contributed by atoms with Crippen LogP contribution in [0.2, 0.25) is 5.02 Å². The molecule has 0 atom stereocenters. The second-order valence-corrected chi connectivity index (χ2v) is 5.09. The first-order chi connectivity index (χ1) is 9.54. The molecule has 1 aromatic carbocycles. The summed E-state index contributed by atoms with van der Waals surface area (Å²) in [6.07, 6.45) is 1.42. The number of methoxy groups -OCH3 is 1. The molecule has 1 saturated heterocycles. The second kappa shape index (κ2) is 6.19. The van der Waals surface area contributed by atoms with E-state index >= 15 is 0 Å². The predicted molar refractivity (Wildman–Crippen MR) is 74.6 cm³/mol. The fraction of sp³-hybridized carbons (Fsp3) is 0.462. The number of nitro groups is 1. The van der Waals surface area contributed by atoms with Crippen LogP contribution < -0.4 is 10.1 Å². The van der Waals surface area contributed by atoms with E-state index < -0.39 is 4.92 Å². The highest BCUT2D eigenvalue weighted by Crippen LogP contribution is 2.36. The van der Waals surface area contributed by atoms with Crippen molar-refractivity contribution in [2.75, 3.05) is 20.2 Å². The highest BCUT2D eigenvalue weighted by atomic mass is 35.5. The zero-order valence-electron chi connectivity index (χ0n) is 11.0. The van der Waals surface area contributed by atoms with Crippen LogP contribution >= 0.6 is 11.6 Å². The fourth-order valence-corrected chi connectivity index (χ4v) is 2.63. The van der Waals surface area contributed by atoms with Crippen molar-refractivity contribution in [2.45, 2.75) is 12.8 Å². The molecule has 1 aliphatic rings. The molecule has 0 aliphatic carbocycles. The van der Waals surface area contributed by atoms with Crippen LogP contribution in [0.5, 0.6) is 5.75 Å². The number of hydrogen-bond acceptors (Lipinski definition) is 5. The zero-order chi connectivity index (χ0) is 14.7. The van der Waals surface area contributed by atoms with Crippen LogP contribution in [0.4, 0.5) is 5.69 Å². The van der Waals surface area contributed by atoms with E-state index in [9.17, 15) is 14.9 Å². The SMILES string of the molecule is COc1c(C(=O)C2CCNCC2)cc(Cl)cc1[N+](=O)[O-]. The lowest BCUT2D eigenvalue weighted by atomic mass is 9.89. The number of nitrogens with one attached hydrogen (secondary N) is 1. The summed E-state index contributed by atoms with van der Waals surface area (Å²) in [6, 6.07) is 2.64. The van der Waals surface area contributed by atoms with Crippen LogP contribution in [0, 0.1) is 16.0 Å². The molecular formula is C13H15ClN2O4. The number of ether oxygens (including phenoxy) is 1. The van der Waals surface area contributed by atoms with Gasteiger partial charge in [-0.25, -0.2) is 0 Å². The first kappa shape index (κ1) is 14.7. The van der Waals surface area contributed by atoms with Crippen molar-refractivity contribution in [3.63, 3.8) is 0 Å². The molecule has 108 valence electrons. The number of hydrogen-bond donors (Lipinski definition) is 1. The van der Waals surface area contributed by atoms with Crippen molar-refractivity contribution in [3.05, 3.63) is 32.8 Å². The monoisotopic (exact) mass is 298 g/mol. The summed E-state index contributed by atoms with van der Waals surface area (Å²) >= 11 is 5.88. The minimum atomic E-state index is -0.593. The average Bonchev–Trinajstić information content (AvgIpc) is 2.46. The molecule has 1 N–H and O–H groups in total. The third kappa shape index (κ3) is 2.91. The lowest BCUT2D eigenvalue weighted by molar-refractivity contribution is -0.385. The number of ketones is 1. The lowest BCUT2D eigenvalue weighted by Crippen LogP contribution is -2.32. The molecule has 20 heavy (non-hydrogen) atoms. The molecule has 0 aromatic heterocycles. The number of carbonyl (C=O) groups excluding carboxylic acids is 1. The summed E-state index contributed by atoms with van der Waals surface area (Å²) in [6.45, 7) is 1.53. The number of nitro benzene ring substituents is 1. The lowest BCUT2D eigenvalue weighted by Gasteiger charge is -2.22. The summed E-state index contributed by atoms with van der Waals surface area (Å²) < 4.78 is 5.07. The molecule has 2 rings (SSSR count). The Morgan fingerprint density at radius 3 is 2.65 bits per heavy atom. The molecule has 1 aliphatic heterocycles.